The Morgan fingerprint density at radius 1 is 1.17 bits per heavy atom. The van der Waals surface area contributed by atoms with Gasteiger partial charge in [0.25, 0.3) is 5.91 Å². The maximum atomic E-state index is 14.3. The number of halogens is 2. The van der Waals surface area contributed by atoms with Gasteiger partial charge in [-0.05, 0) is 29.7 Å². The van der Waals surface area contributed by atoms with Gasteiger partial charge in [0.05, 0.1) is 12.2 Å². The highest BCUT2D eigenvalue weighted by Crippen LogP contribution is 2.54. The predicted octanol–water partition coefficient (Wildman–Crippen LogP) is 3.23. The molecule has 0 radical (unpaired) electrons. The van der Waals surface area contributed by atoms with Crippen LogP contribution in [-0.4, -0.2) is 33.2 Å². The van der Waals surface area contributed by atoms with Gasteiger partial charge in [-0.25, -0.2) is 13.8 Å². The molecule has 1 N–H and O–H groups in total. The maximum Gasteiger partial charge on any atom is 0.276 e. The molecule has 1 fully saturated rings. The van der Waals surface area contributed by atoms with E-state index >= 15 is 0 Å². The summed E-state index contributed by atoms with van der Waals surface area (Å²) in [5.41, 5.74) is 0.612. The largest absolute Gasteiger partial charge is 0.329 e. The minimum atomic E-state index is -1.04. The van der Waals surface area contributed by atoms with E-state index in [2.05, 4.69) is 15.3 Å². The third-order valence-electron chi connectivity index (χ3n) is 5.86. The average molecular weight is 406 g/mol. The van der Waals surface area contributed by atoms with E-state index in [1.54, 1.807) is 24.5 Å². The van der Waals surface area contributed by atoms with Gasteiger partial charge in [0.15, 0.2) is 11.5 Å². The molecule has 2 aromatic heterocycles. The standard InChI is InChI=1S/C22H16F2N4O2/c23-14-10-16(24)18(26-12-14)20(29)28-9-7-22(19(28)13-4-3-8-25-11-13)15-5-1-2-6-17(15)27-21(22)30/h1-6,8,10-12,19H,7,9H2,(H,27,30). The molecule has 4 heterocycles. The lowest BCUT2D eigenvalue weighted by molar-refractivity contribution is -0.121. The number of benzene rings is 1. The molecule has 1 aromatic carbocycles. The summed E-state index contributed by atoms with van der Waals surface area (Å²) >= 11 is 0. The second-order valence-electron chi connectivity index (χ2n) is 7.39. The first-order valence-electron chi connectivity index (χ1n) is 9.45. The zero-order valence-corrected chi connectivity index (χ0v) is 15.7. The first-order valence-corrected chi connectivity index (χ1v) is 9.45. The number of nitrogens with one attached hydrogen (secondary N) is 1. The Bertz CT molecular complexity index is 1170. The summed E-state index contributed by atoms with van der Waals surface area (Å²) in [4.78, 5) is 35.8. The molecule has 8 heteroatoms. The number of fused-ring (bicyclic) bond motifs is 2. The number of aromatic nitrogens is 2. The van der Waals surface area contributed by atoms with Crippen LogP contribution in [0.3, 0.4) is 0 Å². The fraction of sp³-hybridized carbons (Fsp3) is 0.182. The molecule has 2 aliphatic rings. The van der Waals surface area contributed by atoms with Crippen LogP contribution in [-0.2, 0) is 10.2 Å². The van der Waals surface area contributed by atoms with E-state index < -0.39 is 34.7 Å². The van der Waals surface area contributed by atoms with Crippen molar-refractivity contribution >= 4 is 17.5 Å². The molecule has 5 rings (SSSR count). The minimum Gasteiger partial charge on any atom is -0.329 e. The van der Waals surface area contributed by atoms with Gasteiger partial charge in [0.1, 0.15) is 11.2 Å². The molecular weight excluding hydrogens is 390 g/mol. The summed E-state index contributed by atoms with van der Waals surface area (Å²) in [5.74, 6) is -2.83. The second-order valence-corrected chi connectivity index (χ2v) is 7.39. The van der Waals surface area contributed by atoms with E-state index in [1.165, 1.54) is 4.90 Å². The van der Waals surface area contributed by atoms with Gasteiger partial charge in [0.2, 0.25) is 5.91 Å². The van der Waals surface area contributed by atoms with E-state index in [1.807, 2.05) is 24.3 Å². The Morgan fingerprint density at radius 3 is 2.77 bits per heavy atom. The Hall–Kier alpha value is -3.68. The van der Waals surface area contributed by atoms with Crippen LogP contribution in [0.4, 0.5) is 14.5 Å². The van der Waals surface area contributed by atoms with Crippen LogP contribution in [0.5, 0.6) is 0 Å². The molecule has 2 unspecified atom stereocenters. The van der Waals surface area contributed by atoms with Crippen molar-refractivity contribution in [2.45, 2.75) is 17.9 Å². The lowest BCUT2D eigenvalue weighted by Crippen LogP contribution is -2.43. The van der Waals surface area contributed by atoms with Gasteiger partial charge in [-0.3, -0.25) is 14.6 Å². The summed E-state index contributed by atoms with van der Waals surface area (Å²) < 4.78 is 27.6. The zero-order chi connectivity index (χ0) is 20.9. The Labute approximate surface area is 170 Å². The van der Waals surface area contributed by atoms with Crippen molar-refractivity contribution in [3.8, 4) is 0 Å². The molecule has 0 aliphatic carbocycles. The zero-order valence-electron chi connectivity index (χ0n) is 15.7. The number of pyridine rings is 2. The van der Waals surface area contributed by atoms with Crippen molar-refractivity contribution in [1.29, 1.82) is 0 Å². The number of likely N-dealkylation sites (tertiary alicyclic amines) is 1. The van der Waals surface area contributed by atoms with Crippen molar-refractivity contribution in [1.82, 2.24) is 14.9 Å². The topological polar surface area (TPSA) is 75.2 Å². The third kappa shape index (κ3) is 2.53. The Balaban J connectivity index is 1.67. The van der Waals surface area contributed by atoms with E-state index in [0.717, 1.165) is 11.8 Å². The van der Waals surface area contributed by atoms with E-state index in [9.17, 15) is 18.4 Å². The number of hydrogen-bond acceptors (Lipinski definition) is 4. The van der Waals surface area contributed by atoms with Gasteiger partial charge < -0.3 is 10.2 Å². The molecular formula is C22H16F2N4O2. The average Bonchev–Trinajstić information content (AvgIpc) is 3.28. The number of para-hydroxylation sites is 1. The van der Waals surface area contributed by atoms with Crippen molar-refractivity contribution in [3.63, 3.8) is 0 Å². The highest BCUT2D eigenvalue weighted by molar-refractivity contribution is 6.08. The van der Waals surface area contributed by atoms with Gasteiger partial charge in [0, 0.05) is 30.7 Å². The summed E-state index contributed by atoms with van der Waals surface area (Å²) in [5, 5.41) is 2.91. The maximum absolute atomic E-state index is 14.3. The number of amides is 2. The van der Waals surface area contributed by atoms with Crippen molar-refractivity contribution in [2.24, 2.45) is 0 Å². The van der Waals surface area contributed by atoms with Crippen LogP contribution >= 0.6 is 0 Å². The molecule has 0 saturated carbocycles. The van der Waals surface area contributed by atoms with Crippen LogP contribution in [0.15, 0.2) is 61.1 Å². The first-order chi connectivity index (χ1) is 14.5. The van der Waals surface area contributed by atoms with Crippen molar-refractivity contribution < 1.29 is 18.4 Å². The molecule has 6 nitrogen and oxygen atoms in total. The molecule has 1 spiro atoms. The minimum absolute atomic E-state index is 0.207. The highest BCUT2D eigenvalue weighted by Gasteiger charge is 2.59. The molecule has 2 aliphatic heterocycles. The highest BCUT2D eigenvalue weighted by atomic mass is 19.1. The van der Waals surface area contributed by atoms with Crippen LogP contribution < -0.4 is 5.32 Å². The van der Waals surface area contributed by atoms with E-state index in [-0.39, 0.29) is 12.5 Å². The first kappa shape index (κ1) is 18.4. The van der Waals surface area contributed by atoms with Crippen LogP contribution in [0.2, 0.25) is 0 Å². The molecule has 0 bridgehead atoms. The van der Waals surface area contributed by atoms with Crippen LogP contribution in [0, 0.1) is 11.6 Å². The molecule has 1 saturated heterocycles. The number of carbonyl (C=O) groups excluding carboxylic acids is 2. The van der Waals surface area contributed by atoms with Gasteiger partial charge >= 0.3 is 0 Å². The van der Waals surface area contributed by atoms with E-state index in [0.29, 0.717) is 23.7 Å². The smallest absolute Gasteiger partial charge is 0.276 e. The quantitative estimate of drug-likeness (QED) is 0.709. The lowest BCUT2D eigenvalue weighted by Gasteiger charge is -2.34. The Morgan fingerprint density at radius 2 is 2.00 bits per heavy atom. The number of carbonyl (C=O) groups is 2. The fourth-order valence-electron chi connectivity index (χ4n) is 4.61. The normalized spacial score (nSPS) is 22.3. The molecule has 3 aromatic rings. The van der Waals surface area contributed by atoms with Crippen LogP contribution in [0.25, 0.3) is 0 Å². The van der Waals surface area contributed by atoms with Gasteiger partial charge in [-0.15, -0.1) is 0 Å². The summed E-state index contributed by atoms with van der Waals surface area (Å²) in [6.45, 7) is 0.207. The molecule has 150 valence electrons. The molecule has 2 atom stereocenters. The van der Waals surface area contributed by atoms with Gasteiger partial charge in [-0.1, -0.05) is 24.3 Å². The van der Waals surface area contributed by atoms with Crippen molar-refractivity contribution in [3.05, 3.63) is 89.5 Å². The van der Waals surface area contributed by atoms with Gasteiger partial charge in [-0.2, -0.15) is 0 Å². The molecule has 2 amide bonds. The summed E-state index contributed by atoms with van der Waals surface area (Å²) in [6.07, 6.45) is 4.35. The monoisotopic (exact) mass is 406 g/mol. The summed E-state index contributed by atoms with van der Waals surface area (Å²) in [7, 11) is 0. The SMILES string of the molecule is O=C(c1ncc(F)cc1F)N1CCC2(C(=O)Nc3ccccc32)C1c1cccnc1. The number of hydrogen-bond donors (Lipinski definition) is 1. The fourth-order valence-corrected chi connectivity index (χ4v) is 4.61. The second kappa shape index (κ2) is 6.69. The van der Waals surface area contributed by atoms with Crippen molar-refractivity contribution in [2.75, 3.05) is 11.9 Å². The molecule has 30 heavy (non-hydrogen) atoms. The number of rotatable bonds is 2. The van der Waals surface area contributed by atoms with E-state index in [4.69, 9.17) is 0 Å². The summed E-state index contributed by atoms with van der Waals surface area (Å²) in [6, 6.07) is 10.8. The van der Waals surface area contributed by atoms with Crippen LogP contribution in [0.1, 0.15) is 34.1 Å². The predicted molar refractivity (Wildman–Crippen MR) is 104 cm³/mol. The number of nitrogens with zero attached hydrogens (tertiary/aromatic N) is 3. The number of anilines is 1. The Kier molecular flexibility index (Phi) is 4.09. The lowest BCUT2D eigenvalue weighted by atomic mass is 9.73. The third-order valence-corrected chi connectivity index (χ3v) is 5.86.